The minimum absolute atomic E-state index is 0.0448. The number of carbonyl (C=O) groups is 1. The van der Waals surface area contributed by atoms with Gasteiger partial charge < -0.3 is 15.0 Å². The summed E-state index contributed by atoms with van der Waals surface area (Å²) in [6.45, 7) is 2.50. The van der Waals surface area contributed by atoms with E-state index in [0.717, 1.165) is 11.1 Å². The Balaban J connectivity index is 1.84. The minimum atomic E-state index is -0.506. The van der Waals surface area contributed by atoms with E-state index >= 15 is 0 Å². The summed E-state index contributed by atoms with van der Waals surface area (Å²) < 4.78 is 1.77. The third-order valence-corrected chi connectivity index (χ3v) is 2.91. The number of aliphatic hydroxyl groups is 1. The van der Waals surface area contributed by atoms with Crippen LogP contribution in [0, 0.1) is 0 Å². The van der Waals surface area contributed by atoms with Gasteiger partial charge in [0.2, 0.25) is 5.91 Å². The molecule has 2 rings (SSSR count). The van der Waals surface area contributed by atoms with Gasteiger partial charge in [-0.05, 0) is 24.1 Å². The Morgan fingerprint density at radius 3 is 2.68 bits per heavy atom. The first-order chi connectivity index (χ1) is 9.15. The van der Waals surface area contributed by atoms with Gasteiger partial charge in [0.05, 0.1) is 6.10 Å². The van der Waals surface area contributed by atoms with Crippen LogP contribution in [-0.2, 0) is 17.9 Å². The average molecular weight is 258 g/mol. The lowest BCUT2D eigenvalue weighted by Gasteiger charge is -2.06. The topological polar surface area (TPSA) is 54.3 Å². The molecule has 0 aliphatic rings. The van der Waals surface area contributed by atoms with Gasteiger partial charge in [-0.15, -0.1) is 0 Å². The standard InChI is InChI=1S/C15H18N2O2/c1-12(18)14-7-8-17(10-14)11-15(19)16-9-13-5-3-2-4-6-13/h2-8,10,12,18H,9,11H2,1H3,(H,16,19). The van der Waals surface area contributed by atoms with Gasteiger partial charge in [-0.25, -0.2) is 0 Å². The van der Waals surface area contributed by atoms with Crippen molar-refractivity contribution in [2.24, 2.45) is 0 Å². The smallest absolute Gasteiger partial charge is 0.240 e. The molecule has 100 valence electrons. The van der Waals surface area contributed by atoms with Crippen LogP contribution in [0.25, 0.3) is 0 Å². The highest BCUT2D eigenvalue weighted by Crippen LogP contribution is 2.11. The molecule has 4 heteroatoms. The largest absolute Gasteiger partial charge is 0.389 e. The van der Waals surface area contributed by atoms with Gasteiger partial charge in [-0.1, -0.05) is 30.3 Å². The highest BCUT2D eigenvalue weighted by molar-refractivity contribution is 5.75. The molecule has 0 saturated heterocycles. The van der Waals surface area contributed by atoms with Crippen LogP contribution in [0.5, 0.6) is 0 Å². The Hall–Kier alpha value is -2.07. The predicted molar refractivity (Wildman–Crippen MR) is 73.4 cm³/mol. The molecule has 0 aliphatic carbocycles. The zero-order valence-corrected chi connectivity index (χ0v) is 10.9. The van der Waals surface area contributed by atoms with Crippen LogP contribution in [-0.4, -0.2) is 15.6 Å². The molecule has 1 amide bonds. The van der Waals surface area contributed by atoms with Crippen molar-refractivity contribution in [1.82, 2.24) is 9.88 Å². The second-order valence-corrected chi connectivity index (χ2v) is 4.56. The monoisotopic (exact) mass is 258 g/mol. The lowest BCUT2D eigenvalue weighted by molar-refractivity contribution is -0.121. The fraction of sp³-hybridized carbons (Fsp3) is 0.267. The lowest BCUT2D eigenvalue weighted by atomic mass is 10.2. The molecule has 0 saturated carbocycles. The molecule has 4 nitrogen and oxygen atoms in total. The Bertz CT molecular complexity index is 532. The van der Waals surface area contributed by atoms with Crippen LogP contribution in [0.2, 0.25) is 0 Å². The maximum absolute atomic E-state index is 11.8. The molecular weight excluding hydrogens is 240 g/mol. The van der Waals surface area contributed by atoms with Crippen molar-refractivity contribution in [3.8, 4) is 0 Å². The summed E-state index contributed by atoms with van der Waals surface area (Å²) in [6.07, 6.45) is 3.07. The molecule has 1 atom stereocenters. The van der Waals surface area contributed by atoms with E-state index in [-0.39, 0.29) is 12.5 Å². The predicted octanol–water partition coefficient (Wildman–Crippen LogP) is 1.86. The van der Waals surface area contributed by atoms with Crippen molar-refractivity contribution < 1.29 is 9.90 Å². The Labute approximate surface area is 112 Å². The summed E-state index contributed by atoms with van der Waals surface area (Å²) in [6, 6.07) is 11.6. The molecule has 1 aromatic carbocycles. The number of nitrogens with zero attached hydrogens (tertiary/aromatic N) is 1. The Kier molecular flexibility index (Phi) is 4.36. The summed E-state index contributed by atoms with van der Waals surface area (Å²) in [4.78, 5) is 11.8. The molecule has 2 N–H and O–H groups in total. The molecule has 0 bridgehead atoms. The van der Waals surface area contributed by atoms with Gasteiger partial charge in [-0.2, -0.15) is 0 Å². The molecule has 0 aliphatic heterocycles. The zero-order chi connectivity index (χ0) is 13.7. The highest BCUT2D eigenvalue weighted by atomic mass is 16.3. The number of aromatic nitrogens is 1. The number of hydrogen-bond acceptors (Lipinski definition) is 2. The first-order valence-electron chi connectivity index (χ1n) is 6.29. The van der Waals surface area contributed by atoms with Crippen molar-refractivity contribution in [3.05, 3.63) is 59.9 Å². The van der Waals surface area contributed by atoms with E-state index in [4.69, 9.17) is 0 Å². The number of aliphatic hydroxyl groups excluding tert-OH is 1. The molecule has 1 heterocycles. The van der Waals surface area contributed by atoms with E-state index in [0.29, 0.717) is 6.54 Å². The first-order valence-corrected chi connectivity index (χ1v) is 6.29. The van der Waals surface area contributed by atoms with Crippen LogP contribution in [0.1, 0.15) is 24.2 Å². The number of nitrogens with one attached hydrogen (secondary N) is 1. The minimum Gasteiger partial charge on any atom is -0.389 e. The second kappa shape index (κ2) is 6.20. The molecule has 1 unspecified atom stereocenters. The summed E-state index contributed by atoms with van der Waals surface area (Å²) in [5.74, 6) is -0.0448. The van der Waals surface area contributed by atoms with Gasteiger partial charge in [0.15, 0.2) is 0 Å². The van der Waals surface area contributed by atoms with E-state index < -0.39 is 6.10 Å². The van der Waals surface area contributed by atoms with Gasteiger partial charge in [0.1, 0.15) is 6.54 Å². The number of benzene rings is 1. The average Bonchev–Trinajstić information content (AvgIpc) is 2.86. The number of carbonyl (C=O) groups excluding carboxylic acids is 1. The Morgan fingerprint density at radius 2 is 2.05 bits per heavy atom. The summed E-state index contributed by atoms with van der Waals surface area (Å²) >= 11 is 0. The van der Waals surface area contributed by atoms with Crippen molar-refractivity contribution in [1.29, 1.82) is 0 Å². The fourth-order valence-electron chi connectivity index (χ4n) is 1.82. The third-order valence-electron chi connectivity index (χ3n) is 2.91. The highest BCUT2D eigenvalue weighted by Gasteiger charge is 2.06. The quantitative estimate of drug-likeness (QED) is 0.860. The van der Waals surface area contributed by atoms with E-state index in [1.54, 1.807) is 23.9 Å². The fourth-order valence-corrected chi connectivity index (χ4v) is 1.82. The molecule has 2 aromatic rings. The Morgan fingerprint density at radius 1 is 1.32 bits per heavy atom. The molecule has 0 spiro atoms. The zero-order valence-electron chi connectivity index (χ0n) is 10.9. The van der Waals surface area contributed by atoms with E-state index in [1.165, 1.54) is 0 Å². The van der Waals surface area contributed by atoms with Crippen molar-refractivity contribution >= 4 is 5.91 Å². The van der Waals surface area contributed by atoms with E-state index in [1.807, 2.05) is 36.4 Å². The van der Waals surface area contributed by atoms with Crippen molar-refractivity contribution in [3.63, 3.8) is 0 Å². The van der Waals surface area contributed by atoms with Crippen LogP contribution < -0.4 is 5.32 Å². The maximum atomic E-state index is 11.8. The summed E-state index contributed by atoms with van der Waals surface area (Å²) in [5, 5.41) is 12.3. The number of amides is 1. The molecule has 0 fully saturated rings. The lowest BCUT2D eigenvalue weighted by Crippen LogP contribution is -2.26. The van der Waals surface area contributed by atoms with Crippen molar-refractivity contribution in [2.75, 3.05) is 0 Å². The van der Waals surface area contributed by atoms with Crippen LogP contribution in [0.15, 0.2) is 48.8 Å². The SMILES string of the molecule is CC(O)c1ccn(CC(=O)NCc2ccccc2)c1. The third kappa shape index (κ3) is 3.96. The van der Waals surface area contributed by atoms with Gasteiger partial charge in [-0.3, -0.25) is 4.79 Å². The molecular formula is C15H18N2O2. The van der Waals surface area contributed by atoms with E-state index in [9.17, 15) is 9.90 Å². The maximum Gasteiger partial charge on any atom is 0.240 e. The normalized spacial score (nSPS) is 12.1. The number of hydrogen-bond donors (Lipinski definition) is 2. The van der Waals surface area contributed by atoms with Gasteiger partial charge in [0, 0.05) is 18.9 Å². The summed E-state index contributed by atoms with van der Waals surface area (Å²) in [5.41, 5.74) is 1.89. The van der Waals surface area contributed by atoms with Crippen LogP contribution in [0.3, 0.4) is 0 Å². The van der Waals surface area contributed by atoms with Gasteiger partial charge >= 0.3 is 0 Å². The van der Waals surface area contributed by atoms with Crippen molar-refractivity contribution in [2.45, 2.75) is 26.1 Å². The molecule has 0 radical (unpaired) electrons. The molecule has 1 aromatic heterocycles. The first kappa shape index (κ1) is 13.4. The molecule has 19 heavy (non-hydrogen) atoms. The van der Waals surface area contributed by atoms with E-state index in [2.05, 4.69) is 5.32 Å². The van der Waals surface area contributed by atoms with Gasteiger partial charge in [0.25, 0.3) is 0 Å². The summed E-state index contributed by atoms with van der Waals surface area (Å²) in [7, 11) is 0. The number of rotatable bonds is 5. The second-order valence-electron chi connectivity index (χ2n) is 4.56. The van der Waals surface area contributed by atoms with Crippen LogP contribution in [0.4, 0.5) is 0 Å². The van der Waals surface area contributed by atoms with Crippen LogP contribution >= 0.6 is 0 Å².